The topological polar surface area (TPSA) is 91.2 Å². The van der Waals surface area contributed by atoms with Crippen LogP contribution in [0, 0.1) is 11.3 Å². The maximum atomic E-state index is 13.7. The van der Waals surface area contributed by atoms with Crippen LogP contribution in [0.25, 0.3) is 0 Å². The largest absolute Gasteiger partial charge is 0.495 e. The molecular weight excluding hydrogens is 506 g/mol. The third-order valence-corrected chi connectivity index (χ3v) is 7.27. The van der Waals surface area contributed by atoms with Gasteiger partial charge in [0.25, 0.3) is 5.91 Å². The fraction of sp³-hybridized carbons (Fsp3) is 0.138. The van der Waals surface area contributed by atoms with Crippen LogP contribution in [-0.4, -0.2) is 24.6 Å². The van der Waals surface area contributed by atoms with Crippen LogP contribution in [0.15, 0.2) is 101 Å². The Bertz CT molecular complexity index is 1440. The van der Waals surface area contributed by atoms with Crippen LogP contribution >= 0.6 is 23.4 Å². The number of ether oxygens (including phenoxy) is 1. The zero-order chi connectivity index (χ0) is 26.4. The maximum absolute atomic E-state index is 13.7. The minimum Gasteiger partial charge on any atom is -0.495 e. The van der Waals surface area contributed by atoms with Crippen molar-refractivity contribution >= 4 is 40.7 Å². The summed E-state index contributed by atoms with van der Waals surface area (Å²) in [5.41, 5.74) is 2.95. The molecule has 0 fully saturated rings. The number of nitrogens with one attached hydrogen (secondary N) is 2. The van der Waals surface area contributed by atoms with E-state index in [0.717, 1.165) is 0 Å². The lowest BCUT2D eigenvalue weighted by Crippen LogP contribution is -2.31. The number of amides is 1. The smallest absolute Gasteiger partial charge is 0.254 e. The van der Waals surface area contributed by atoms with E-state index in [1.165, 1.54) is 18.9 Å². The van der Waals surface area contributed by atoms with Gasteiger partial charge in [0.05, 0.1) is 41.1 Å². The van der Waals surface area contributed by atoms with Crippen LogP contribution in [0.4, 0.5) is 5.69 Å². The van der Waals surface area contributed by atoms with Gasteiger partial charge in [-0.05, 0) is 30.7 Å². The van der Waals surface area contributed by atoms with Crippen molar-refractivity contribution in [2.45, 2.75) is 12.8 Å². The Hall–Kier alpha value is -3.99. The molecule has 1 aliphatic heterocycles. The fourth-order valence-corrected chi connectivity index (χ4v) is 5.36. The number of benzene rings is 3. The van der Waals surface area contributed by atoms with E-state index >= 15 is 0 Å². The second kappa shape index (κ2) is 11.8. The molecule has 0 saturated carbocycles. The number of carbonyl (C=O) groups is 2. The molecule has 3 aromatic rings. The van der Waals surface area contributed by atoms with Crippen molar-refractivity contribution in [3.8, 4) is 11.8 Å². The third-order valence-electron chi connectivity index (χ3n) is 5.91. The van der Waals surface area contributed by atoms with E-state index in [9.17, 15) is 14.9 Å². The molecule has 0 bridgehead atoms. The maximum Gasteiger partial charge on any atom is 0.254 e. The number of methoxy groups -OCH3 is 1. The third kappa shape index (κ3) is 5.72. The van der Waals surface area contributed by atoms with E-state index in [4.69, 9.17) is 16.3 Å². The predicted molar refractivity (Wildman–Crippen MR) is 148 cm³/mol. The van der Waals surface area contributed by atoms with E-state index in [1.54, 1.807) is 55.5 Å². The molecule has 1 aliphatic rings. The number of halogens is 1. The molecule has 0 spiro atoms. The summed E-state index contributed by atoms with van der Waals surface area (Å²) in [5, 5.41) is 17.3. The Kier molecular flexibility index (Phi) is 8.34. The number of allylic oxidation sites excluding steroid dienone is 2. The van der Waals surface area contributed by atoms with Crippen LogP contribution in [0.1, 0.15) is 28.8 Å². The van der Waals surface area contributed by atoms with Gasteiger partial charge < -0.3 is 15.4 Å². The highest BCUT2D eigenvalue weighted by Gasteiger charge is 2.36. The Morgan fingerprint density at radius 1 is 1.05 bits per heavy atom. The van der Waals surface area contributed by atoms with E-state index in [0.29, 0.717) is 49.5 Å². The normalized spacial score (nSPS) is 15.0. The second-order valence-electron chi connectivity index (χ2n) is 8.21. The molecule has 37 heavy (non-hydrogen) atoms. The summed E-state index contributed by atoms with van der Waals surface area (Å²) in [6.45, 7) is 1.77. The van der Waals surface area contributed by atoms with E-state index in [-0.39, 0.29) is 11.5 Å². The van der Waals surface area contributed by atoms with E-state index < -0.39 is 11.8 Å². The number of rotatable bonds is 8. The summed E-state index contributed by atoms with van der Waals surface area (Å²) >= 11 is 7.81. The molecule has 0 saturated heterocycles. The number of nitrogens with zero attached hydrogens (tertiary/aromatic N) is 1. The Morgan fingerprint density at radius 2 is 1.73 bits per heavy atom. The minimum absolute atomic E-state index is 0.0622. The average molecular weight is 530 g/mol. The first kappa shape index (κ1) is 26.1. The lowest BCUT2D eigenvalue weighted by Gasteiger charge is -2.30. The van der Waals surface area contributed by atoms with Crippen LogP contribution in [0.5, 0.6) is 5.75 Å². The van der Waals surface area contributed by atoms with Gasteiger partial charge in [-0.3, -0.25) is 9.59 Å². The van der Waals surface area contributed by atoms with Gasteiger partial charge in [0.2, 0.25) is 0 Å². The quantitative estimate of drug-likeness (QED) is 0.333. The number of hydrogen-bond donors (Lipinski definition) is 2. The van der Waals surface area contributed by atoms with Gasteiger partial charge in [-0.1, -0.05) is 84.0 Å². The summed E-state index contributed by atoms with van der Waals surface area (Å²) in [5.74, 6) is -0.546. The number of dihydropyridines is 1. The molecule has 186 valence electrons. The Labute approximate surface area is 225 Å². The van der Waals surface area contributed by atoms with Crippen molar-refractivity contribution in [3.05, 3.63) is 117 Å². The summed E-state index contributed by atoms with van der Waals surface area (Å²) in [4.78, 5) is 26.4. The summed E-state index contributed by atoms with van der Waals surface area (Å²) < 4.78 is 5.38. The highest BCUT2D eigenvalue weighted by Crippen LogP contribution is 2.43. The fourth-order valence-electron chi connectivity index (χ4n) is 4.13. The van der Waals surface area contributed by atoms with Crippen LogP contribution in [-0.2, 0) is 4.79 Å². The highest BCUT2D eigenvalue weighted by atomic mass is 35.5. The predicted octanol–water partition coefficient (Wildman–Crippen LogP) is 6.30. The van der Waals surface area contributed by atoms with E-state index in [2.05, 4.69) is 16.7 Å². The molecule has 1 unspecified atom stereocenters. The van der Waals surface area contributed by atoms with Crippen molar-refractivity contribution in [3.63, 3.8) is 0 Å². The monoisotopic (exact) mass is 529 g/mol. The molecule has 3 aromatic carbocycles. The molecular formula is C29H24ClN3O3S. The standard InChI is InChI=1S/C29H24ClN3O3S/c1-18-26(28(35)33-23-14-8-9-15-25(23)36-2)27(20-12-6-7-13-22(20)30)21(16-31)29(32-18)37-17-24(34)19-10-4-3-5-11-19/h3-15,27,32H,17H2,1-2H3,(H,33,35). The van der Waals surface area contributed by atoms with Gasteiger partial charge in [0.15, 0.2) is 5.78 Å². The summed E-state index contributed by atoms with van der Waals surface area (Å²) in [6.07, 6.45) is 0. The number of Topliss-reactive ketones (excluding diaryl/α,β-unsaturated/α-hetero) is 1. The van der Waals surface area contributed by atoms with Crippen LogP contribution in [0.2, 0.25) is 5.02 Å². The number of para-hydroxylation sites is 2. The molecule has 1 heterocycles. The van der Waals surface area contributed by atoms with E-state index in [1.807, 2.05) is 30.3 Å². The number of carbonyl (C=O) groups excluding carboxylic acids is 2. The van der Waals surface area contributed by atoms with Gasteiger partial charge in [-0.2, -0.15) is 5.26 Å². The zero-order valence-corrected chi connectivity index (χ0v) is 21.8. The van der Waals surface area contributed by atoms with Crippen LogP contribution in [0.3, 0.4) is 0 Å². The summed E-state index contributed by atoms with van der Waals surface area (Å²) in [6, 6.07) is 25.5. The highest BCUT2D eigenvalue weighted by molar-refractivity contribution is 8.03. The number of nitriles is 1. The minimum atomic E-state index is -0.732. The molecule has 4 rings (SSSR count). The zero-order valence-electron chi connectivity index (χ0n) is 20.2. The molecule has 0 aliphatic carbocycles. The number of thioether (sulfide) groups is 1. The van der Waals surface area contributed by atoms with Crippen LogP contribution < -0.4 is 15.4 Å². The van der Waals surface area contributed by atoms with Crippen molar-refractivity contribution in [1.29, 1.82) is 5.26 Å². The average Bonchev–Trinajstić information content (AvgIpc) is 2.92. The molecule has 2 N–H and O–H groups in total. The SMILES string of the molecule is COc1ccccc1NC(=O)C1=C(C)NC(SCC(=O)c2ccccc2)=C(C#N)C1c1ccccc1Cl. The van der Waals surface area contributed by atoms with Crippen molar-refractivity contribution in [1.82, 2.24) is 5.32 Å². The van der Waals surface area contributed by atoms with Gasteiger partial charge in [0.1, 0.15) is 5.75 Å². The first-order valence-electron chi connectivity index (χ1n) is 11.5. The summed E-state index contributed by atoms with van der Waals surface area (Å²) in [7, 11) is 1.53. The molecule has 0 radical (unpaired) electrons. The van der Waals surface area contributed by atoms with Gasteiger partial charge in [-0.15, -0.1) is 0 Å². The molecule has 1 atom stereocenters. The lowest BCUT2D eigenvalue weighted by molar-refractivity contribution is -0.113. The Morgan fingerprint density at radius 3 is 2.43 bits per heavy atom. The lowest BCUT2D eigenvalue weighted by atomic mass is 9.82. The Balaban J connectivity index is 1.72. The number of anilines is 1. The van der Waals surface area contributed by atoms with Crippen molar-refractivity contribution in [2.24, 2.45) is 0 Å². The molecule has 6 nitrogen and oxygen atoms in total. The van der Waals surface area contributed by atoms with Gasteiger partial charge in [-0.25, -0.2) is 0 Å². The second-order valence-corrected chi connectivity index (χ2v) is 9.60. The molecule has 0 aromatic heterocycles. The first-order chi connectivity index (χ1) is 17.9. The van der Waals surface area contributed by atoms with Crippen molar-refractivity contribution < 1.29 is 14.3 Å². The number of hydrogen-bond acceptors (Lipinski definition) is 6. The first-order valence-corrected chi connectivity index (χ1v) is 12.8. The van der Waals surface area contributed by atoms with Gasteiger partial charge >= 0.3 is 0 Å². The van der Waals surface area contributed by atoms with Gasteiger partial charge in [0, 0.05) is 21.9 Å². The number of ketones is 1. The van der Waals surface area contributed by atoms with Crippen molar-refractivity contribution in [2.75, 3.05) is 18.2 Å². The molecule has 1 amide bonds. The molecule has 8 heteroatoms.